The number of carbonyl (C=O) groups excluding carboxylic acids is 1. The van der Waals surface area contributed by atoms with Crippen molar-refractivity contribution in [3.63, 3.8) is 0 Å². The Morgan fingerprint density at radius 1 is 0.806 bits per heavy atom. The Kier molecular flexibility index (Phi) is 6.48. The van der Waals surface area contributed by atoms with Gasteiger partial charge in [-0.05, 0) is 47.0 Å². The van der Waals surface area contributed by atoms with Gasteiger partial charge in [0, 0.05) is 12.1 Å². The molecule has 0 spiro atoms. The molecule has 31 heavy (non-hydrogen) atoms. The first kappa shape index (κ1) is 20.5. The Hall–Kier alpha value is -3.79. The van der Waals surface area contributed by atoms with Gasteiger partial charge in [0.2, 0.25) is 0 Å². The number of fused-ring (bicyclic) bond motifs is 1. The zero-order valence-corrected chi connectivity index (χ0v) is 17.5. The smallest absolute Gasteiger partial charge is 0.251 e. The molecule has 1 amide bonds. The van der Waals surface area contributed by atoms with Crippen LogP contribution in [0.5, 0.6) is 11.5 Å². The third-order valence-electron chi connectivity index (χ3n) is 5.06. The largest absolute Gasteiger partial charge is 0.490 e. The second-order valence-corrected chi connectivity index (χ2v) is 7.19. The van der Waals surface area contributed by atoms with Crippen LogP contribution in [-0.2, 0) is 13.2 Å². The monoisotopic (exact) mass is 411 g/mol. The summed E-state index contributed by atoms with van der Waals surface area (Å²) >= 11 is 0. The fraction of sp³-hybridized carbons (Fsp3) is 0.148. The summed E-state index contributed by atoms with van der Waals surface area (Å²) in [5.41, 5.74) is 2.69. The van der Waals surface area contributed by atoms with Gasteiger partial charge in [0.15, 0.2) is 11.5 Å². The van der Waals surface area contributed by atoms with E-state index in [4.69, 9.17) is 9.47 Å². The highest BCUT2D eigenvalue weighted by Crippen LogP contribution is 2.29. The molecule has 0 fully saturated rings. The highest BCUT2D eigenvalue weighted by atomic mass is 16.5. The Bertz CT molecular complexity index is 1170. The number of hydrogen-bond donors (Lipinski definition) is 1. The van der Waals surface area contributed by atoms with Gasteiger partial charge in [0.25, 0.3) is 5.91 Å². The van der Waals surface area contributed by atoms with E-state index in [0.29, 0.717) is 36.8 Å². The van der Waals surface area contributed by atoms with Crippen molar-refractivity contribution in [1.82, 2.24) is 5.32 Å². The molecule has 4 nitrogen and oxygen atoms in total. The molecule has 0 radical (unpaired) electrons. The second-order valence-electron chi connectivity index (χ2n) is 7.19. The van der Waals surface area contributed by atoms with Gasteiger partial charge < -0.3 is 14.8 Å². The maximum absolute atomic E-state index is 12.8. The third-order valence-corrected chi connectivity index (χ3v) is 5.06. The average molecular weight is 412 g/mol. The maximum atomic E-state index is 12.8. The zero-order chi connectivity index (χ0) is 21.5. The first-order valence-electron chi connectivity index (χ1n) is 10.4. The van der Waals surface area contributed by atoms with Crippen molar-refractivity contribution < 1.29 is 14.3 Å². The van der Waals surface area contributed by atoms with Crippen LogP contribution in [0.4, 0.5) is 0 Å². The Morgan fingerprint density at radius 3 is 2.42 bits per heavy atom. The van der Waals surface area contributed by atoms with Crippen molar-refractivity contribution in [3.8, 4) is 11.5 Å². The maximum Gasteiger partial charge on any atom is 0.251 e. The van der Waals surface area contributed by atoms with Gasteiger partial charge in [-0.15, -0.1) is 0 Å². The lowest BCUT2D eigenvalue weighted by Crippen LogP contribution is -2.23. The van der Waals surface area contributed by atoms with E-state index in [1.165, 1.54) is 0 Å². The minimum absolute atomic E-state index is 0.150. The standard InChI is InChI=1S/C27H25NO3/c1-2-30-26-17-22(15-16-25(26)31-19-20-9-4-3-5-10-20)27(29)28-18-23-13-8-12-21-11-6-7-14-24(21)23/h3-17H,2,18-19H2,1H3,(H,28,29). The van der Waals surface area contributed by atoms with E-state index >= 15 is 0 Å². The highest BCUT2D eigenvalue weighted by molar-refractivity contribution is 5.95. The van der Waals surface area contributed by atoms with Crippen LogP contribution in [0.15, 0.2) is 91.0 Å². The van der Waals surface area contributed by atoms with Gasteiger partial charge in [0.05, 0.1) is 6.61 Å². The predicted molar refractivity (Wildman–Crippen MR) is 124 cm³/mol. The summed E-state index contributed by atoms with van der Waals surface area (Å²) in [6.45, 7) is 3.29. The molecule has 1 N–H and O–H groups in total. The van der Waals surface area contributed by atoms with Crippen LogP contribution >= 0.6 is 0 Å². The number of hydrogen-bond acceptors (Lipinski definition) is 3. The quantitative estimate of drug-likeness (QED) is 0.402. The van der Waals surface area contributed by atoms with Gasteiger partial charge in [-0.25, -0.2) is 0 Å². The summed E-state index contributed by atoms with van der Waals surface area (Å²) in [5.74, 6) is 1.04. The first-order valence-corrected chi connectivity index (χ1v) is 10.4. The van der Waals surface area contributed by atoms with Crippen molar-refractivity contribution >= 4 is 16.7 Å². The van der Waals surface area contributed by atoms with Gasteiger partial charge in [-0.1, -0.05) is 72.8 Å². The van der Waals surface area contributed by atoms with Crippen LogP contribution in [0.3, 0.4) is 0 Å². The first-order chi connectivity index (χ1) is 15.2. The summed E-state index contributed by atoms with van der Waals surface area (Å²) in [5, 5.41) is 5.32. The van der Waals surface area contributed by atoms with Crippen LogP contribution in [0.1, 0.15) is 28.4 Å². The number of carbonyl (C=O) groups is 1. The molecule has 0 aliphatic carbocycles. The topological polar surface area (TPSA) is 47.6 Å². The number of rotatable bonds is 8. The normalized spacial score (nSPS) is 10.6. The van der Waals surface area contributed by atoms with Gasteiger partial charge in [-0.2, -0.15) is 0 Å². The van der Waals surface area contributed by atoms with E-state index < -0.39 is 0 Å². The van der Waals surface area contributed by atoms with E-state index in [9.17, 15) is 4.79 Å². The molecule has 0 atom stereocenters. The van der Waals surface area contributed by atoms with Crippen LogP contribution in [-0.4, -0.2) is 12.5 Å². The van der Waals surface area contributed by atoms with E-state index in [1.807, 2.05) is 61.5 Å². The molecule has 4 rings (SSSR count). The van der Waals surface area contributed by atoms with Crippen molar-refractivity contribution in [2.45, 2.75) is 20.1 Å². The fourth-order valence-corrected chi connectivity index (χ4v) is 3.50. The van der Waals surface area contributed by atoms with Crippen LogP contribution in [0, 0.1) is 0 Å². The SMILES string of the molecule is CCOc1cc(C(=O)NCc2cccc3ccccc23)ccc1OCc1ccccc1. The molecular weight excluding hydrogens is 386 g/mol. The van der Waals surface area contributed by atoms with Crippen LogP contribution in [0.2, 0.25) is 0 Å². The molecule has 0 unspecified atom stereocenters. The van der Waals surface area contributed by atoms with Crippen LogP contribution < -0.4 is 14.8 Å². The molecule has 0 aliphatic heterocycles. The van der Waals surface area contributed by atoms with E-state index in [2.05, 4.69) is 23.5 Å². The number of benzene rings is 4. The minimum Gasteiger partial charge on any atom is -0.490 e. The molecule has 0 bridgehead atoms. The zero-order valence-electron chi connectivity index (χ0n) is 17.5. The average Bonchev–Trinajstić information content (AvgIpc) is 2.82. The second kappa shape index (κ2) is 9.81. The number of amides is 1. The summed E-state index contributed by atoms with van der Waals surface area (Å²) < 4.78 is 11.7. The van der Waals surface area contributed by atoms with Crippen LogP contribution in [0.25, 0.3) is 10.8 Å². The third kappa shape index (κ3) is 5.04. The molecule has 4 aromatic rings. The predicted octanol–water partition coefficient (Wildman–Crippen LogP) is 5.75. The lowest BCUT2D eigenvalue weighted by atomic mass is 10.0. The Morgan fingerprint density at radius 2 is 1.58 bits per heavy atom. The summed E-state index contributed by atoms with van der Waals surface area (Å²) in [4.78, 5) is 12.8. The van der Waals surface area contributed by atoms with Gasteiger partial charge >= 0.3 is 0 Å². The molecule has 0 heterocycles. The van der Waals surface area contributed by atoms with Crippen molar-refractivity contribution in [2.75, 3.05) is 6.61 Å². The summed E-state index contributed by atoms with van der Waals surface area (Å²) in [6, 6.07) is 29.5. The molecule has 4 aromatic carbocycles. The lowest BCUT2D eigenvalue weighted by Gasteiger charge is -2.14. The van der Waals surface area contributed by atoms with E-state index in [-0.39, 0.29) is 5.91 Å². The lowest BCUT2D eigenvalue weighted by molar-refractivity contribution is 0.0950. The molecule has 0 aliphatic rings. The summed E-state index contributed by atoms with van der Waals surface area (Å²) in [7, 11) is 0. The Balaban J connectivity index is 1.46. The summed E-state index contributed by atoms with van der Waals surface area (Å²) in [6.07, 6.45) is 0. The van der Waals surface area contributed by atoms with Gasteiger partial charge in [-0.3, -0.25) is 4.79 Å². The van der Waals surface area contributed by atoms with Crippen molar-refractivity contribution in [3.05, 3.63) is 108 Å². The number of nitrogens with one attached hydrogen (secondary N) is 1. The molecule has 4 heteroatoms. The van der Waals surface area contributed by atoms with E-state index in [0.717, 1.165) is 21.9 Å². The fourth-order valence-electron chi connectivity index (χ4n) is 3.50. The van der Waals surface area contributed by atoms with Gasteiger partial charge in [0.1, 0.15) is 6.61 Å². The minimum atomic E-state index is -0.150. The molecule has 0 aromatic heterocycles. The number of ether oxygens (including phenoxy) is 2. The molecular formula is C27H25NO3. The highest BCUT2D eigenvalue weighted by Gasteiger charge is 2.12. The van der Waals surface area contributed by atoms with E-state index in [1.54, 1.807) is 18.2 Å². The molecule has 0 saturated carbocycles. The molecule has 0 saturated heterocycles. The Labute approximate surface area is 182 Å². The molecule has 156 valence electrons. The van der Waals surface area contributed by atoms with Crippen molar-refractivity contribution in [2.24, 2.45) is 0 Å². The van der Waals surface area contributed by atoms with Crippen molar-refractivity contribution in [1.29, 1.82) is 0 Å².